The van der Waals surface area contributed by atoms with Crippen LogP contribution in [0.25, 0.3) is 10.8 Å². The predicted molar refractivity (Wildman–Crippen MR) is 79.2 cm³/mol. The Hall–Kier alpha value is -2.07. The highest BCUT2D eigenvalue weighted by Crippen LogP contribution is 2.34. The third kappa shape index (κ3) is 2.75. The van der Waals surface area contributed by atoms with Crippen LogP contribution in [0, 0.1) is 0 Å². The van der Waals surface area contributed by atoms with Crippen LogP contribution in [0.3, 0.4) is 0 Å². The Kier molecular flexibility index (Phi) is 4.25. The van der Waals surface area contributed by atoms with E-state index >= 15 is 0 Å². The van der Waals surface area contributed by atoms with E-state index < -0.39 is 5.97 Å². The molecule has 1 unspecified atom stereocenters. The van der Waals surface area contributed by atoms with E-state index in [0.717, 1.165) is 22.1 Å². The van der Waals surface area contributed by atoms with Gasteiger partial charge in [0.2, 0.25) is 0 Å². The monoisotopic (exact) mass is 273 g/mol. The molecule has 106 valence electrons. The number of fused-ring (bicyclic) bond motifs is 1. The van der Waals surface area contributed by atoms with E-state index in [-0.39, 0.29) is 12.5 Å². The smallest absolute Gasteiger partial charge is 0.305 e. The molecule has 0 aliphatic carbocycles. The first-order valence-electron chi connectivity index (χ1n) is 6.48. The third-order valence-corrected chi connectivity index (χ3v) is 3.49. The summed E-state index contributed by atoms with van der Waals surface area (Å²) < 4.78 is 5.37. The van der Waals surface area contributed by atoms with Gasteiger partial charge in [-0.05, 0) is 31.1 Å². The van der Waals surface area contributed by atoms with Crippen LogP contribution in [0.5, 0.6) is 5.75 Å². The Morgan fingerprint density at radius 1 is 1.20 bits per heavy atom. The number of nitrogens with zero attached hydrogens (tertiary/aromatic N) is 1. The number of hydrogen-bond donors (Lipinski definition) is 1. The van der Waals surface area contributed by atoms with E-state index in [2.05, 4.69) is 0 Å². The van der Waals surface area contributed by atoms with Gasteiger partial charge in [-0.2, -0.15) is 0 Å². The molecule has 20 heavy (non-hydrogen) atoms. The van der Waals surface area contributed by atoms with Gasteiger partial charge in [-0.15, -0.1) is 0 Å². The van der Waals surface area contributed by atoms with Crippen LogP contribution in [-0.2, 0) is 4.79 Å². The molecule has 4 nitrogen and oxygen atoms in total. The maximum Gasteiger partial charge on any atom is 0.305 e. The van der Waals surface area contributed by atoms with Crippen molar-refractivity contribution in [1.29, 1.82) is 0 Å². The largest absolute Gasteiger partial charge is 0.496 e. The number of benzene rings is 2. The van der Waals surface area contributed by atoms with Crippen molar-refractivity contribution in [2.24, 2.45) is 0 Å². The summed E-state index contributed by atoms with van der Waals surface area (Å²) in [4.78, 5) is 13.0. The van der Waals surface area contributed by atoms with E-state index in [9.17, 15) is 4.79 Å². The highest BCUT2D eigenvalue weighted by Gasteiger charge is 2.20. The van der Waals surface area contributed by atoms with Crippen molar-refractivity contribution in [2.45, 2.75) is 12.5 Å². The van der Waals surface area contributed by atoms with Gasteiger partial charge in [0.25, 0.3) is 0 Å². The molecule has 2 rings (SSSR count). The average Bonchev–Trinajstić information content (AvgIpc) is 2.43. The molecule has 4 heteroatoms. The fourth-order valence-electron chi connectivity index (χ4n) is 2.50. The number of ether oxygens (including phenoxy) is 1. The second-order valence-electron chi connectivity index (χ2n) is 4.98. The second kappa shape index (κ2) is 5.92. The van der Waals surface area contributed by atoms with Crippen LogP contribution in [0.4, 0.5) is 0 Å². The zero-order valence-electron chi connectivity index (χ0n) is 12.0. The minimum Gasteiger partial charge on any atom is -0.496 e. The first-order valence-corrected chi connectivity index (χ1v) is 6.48. The van der Waals surface area contributed by atoms with Crippen molar-refractivity contribution in [1.82, 2.24) is 4.90 Å². The summed E-state index contributed by atoms with van der Waals surface area (Å²) in [5.74, 6) is 0.000723. The number of aliphatic carboxylic acids is 1. The number of carbonyl (C=O) groups is 1. The van der Waals surface area contributed by atoms with E-state index in [1.54, 1.807) is 7.11 Å². The van der Waals surface area contributed by atoms with Crippen LogP contribution in [0.1, 0.15) is 18.0 Å². The summed E-state index contributed by atoms with van der Waals surface area (Å²) in [5.41, 5.74) is 1.01. The van der Waals surface area contributed by atoms with Crippen LogP contribution in [-0.4, -0.2) is 37.2 Å². The lowest BCUT2D eigenvalue weighted by Gasteiger charge is -2.25. The van der Waals surface area contributed by atoms with Gasteiger partial charge >= 0.3 is 5.97 Å². The molecular formula is C16H19NO3. The van der Waals surface area contributed by atoms with Crippen molar-refractivity contribution in [2.75, 3.05) is 21.2 Å². The zero-order chi connectivity index (χ0) is 14.7. The van der Waals surface area contributed by atoms with Crippen LogP contribution < -0.4 is 4.74 Å². The molecule has 0 aliphatic heterocycles. The second-order valence-corrected chi connectivity index (χ2v) is 4.98. The van der Waals surface area contributed by atoms with Crippen molar-refractivity contribution in [3.63, 3.8) is 0 Å². The molecule has 0 aliphatic rings. The summed E-state index contributed by atoms with van der Waals surface area (Å²) in [7, 11) is 5.43. The minimum absolute atomic E-state index is 0.0727. The average molecular weight is 273 g/mol. The standard InChI is InChI=1S/C16H19NO3/c1-17(2)14(10-16(18)19)12-8-9-15(20-3)13-7-5-4-6-11(12)13/h4-9,14H,10H2,1-3H3,(H,18,19). The van der Waals surface area contributed by atoms with Crippen molar-refractivity contribution in [3.8, 4) is 5.75 Å². The molecule has 0 amide bonds. The SMILES string of the molecule is COc1ccc(C(CC(=O)O)N(C)C)c2ccccc12. The van der Waals surface area contributed by atoms with Gasteiger partial charge in [0.05, 0.1) is 13.5 Å². The summed E-state index contributed by atoms with van der Waals surface area (Å²) in [6.07, 6.45) is 0.0727. The maximum atomic E-state index is 11.1. The Morgan fingerprint density at radius 3 is 2.40 bits per heavy atom. The molecule has 0 saturated heterocycles. The molecule has 0 aromatic heterocycles. The lowest BCUT2D eigenvalue weighted by Crippen LogP contribution is -2.23. The van der Waals surface area contributed by atoms with Crippen LogP contribution in [0.2, 0.25) is 0 Å². The summed E-state index contributed by atoms with van der Waals surface area (Å²) >= 11 is 0. The number of rotatable bonds is 5. The minimum atomic E-state index is -0.802. The lowest BCUT2D eigenvalue weighted by atomic mass is 9.95. The van der Waals surface area contributed by atoms with Crippen LogP contribution >= 0.6 is 0 Å². The Morgan fingerprint density at radius 2 is 1.85 bits per heavy atom. The molecule has 1 N–H and O–H groups in total. The quantitative estimate of drug-likeness (QED) is 0.910. The normalized spacial score (nSPS) is 12.6. The molecule has 0 saturated carbocycles. The first kappa shape index (κ1) is 14.3. The molecule has 0 radical (unpaired) electrons. The van der Waals surface area contributed by atoms with Gasteiger partial charge in [0.1, 0.15) is 5.75 Å². The maximum absolute atomic E-state index is 11.1. The summed E-state index contributed by atoms with van der Waals surface area (Å²) in [5, 5.41) is 11.2. The van der Waals surface area contributed by atoms with Crippen molar-refractivity contribution < 1.29 is 14.6 Å². The highest BCUT2D eigenvalue weighted by atomic mass is 16.5. The molecule has 2 aromatic carbocycles. The molecule has 0 heterocycles. The Bertz CT molecular complexity index is 622. The topological polar surface area (TPSA) is 49.8 Å². The number of methoxy groups -OCH3 is 1. The number of carboxylic acid groups (broad SMARTS) is 1. The molecule has 2 aromatic rings. The van der Waals surface area contributed by atoms with Gasteiger partial charge in [0.15, 0.2) is 0 Å². The van der Waals surface area contributed by atoms with E-state index in [1.807, 2.05) is 55.4 Å². The number of carboxylic acids is 1. The van der Waals surface area contributed by atoms with Crippen LogP contribution in [0.15, 0.2) is 36.4 Å². The van der Waals surface area contributed by atoms with E-state index in [4.69, 9.17) is 9.84 Å². The van der Waals surface area contributed by atoms with E-state index in [1.165, 1.54) is 0 Å². The first-order chi connectivity index (χ1) is 9.54. The summed E-state index contributed by atoms with van der Waals surface area (Å²) in [6, 6.07) is 11.6. The molecule has 0 spiro atoms. The fourth-order valence-corrected chi connectivity index (χ4v) is 2.50. The molecule has 0 bridgehead atoms. The zero-order valence-corrected chi connectivity index (χ0v) is 12.0. The summed E-state index contributed by atoms with van der Waals surface area (Å²) in [6.45, 7) is 0. The molecular weight excluding hydrogens is 254 g/mol. The predicted octanol–water partition coefficient (Wildman–Crippen LogP) is 2.93. The Labute approximate surface area is 118 Å². The van der Waals surface area contributed by atoms with Crippen molar-refractivity contribution >= 4 is 16.7 Å². The highest BCUT2D eigenvalue weighted by molar-refractivity contribution is 5.91. The molecule has 0 fully saturated rings. The van der Waals surface area contributed by atoms with Gasteiger partial charge in [-0.3, -0.25) is 4.79 Å². The van der Waals surface area contributed by atoms with Gasteiger partial charge in [-0.25, -0.2) is 0 Å². The molecule has 1 atom stereocenters. The number of hydrogen-bond acceptors (Lipinski definition) is 3. The third-order valence-electron chi connectivity index (χ3n) is 3.49. The van der Waals surface area contributed by atoms with Gasteiger partial charge in [-0.1, -0.05) is 30.3 Å². The van der Waals surface area contributed by atoms with Crippen molar-refractivity contribution in [3.05, 3.63) is 42.0 Å². The lowest BCUT2D eigenvalue weighted by molar-refractivity contribution is -0.138. The van der Waals surface area contributed by atoms with Gasteiger partial charge in [0, 0.05) is 11.4 Å². The van der Waals surface area contributed by atoms with Gasteiger partial charge < -0.3 is 14.7 Å². The fraction of sp³-hybridized carbons (Fsp3) is 0.312. The van der Waals surface area contributed by atoms with E-state index in [0.29, 0.717) is 0 Å². The Balaban J connectivity index is 2.61.